The minimum Gasteiger partial charge on any atom is -0.366 e. The van der Waals surface area contributed by atoms with Gasteiger partial charge in [0.1, 0.15) is 11.5 Å². The summed E-state index contributed by atoms with van der Waals surface area (Å²) in [4.78, 5) is 44.6. The van der Waals surface area contributed by atoms with Gasteiger partial charge in [-0.05, 0) is 47.7 Å². The summed E-state index contributed by atoms with van der Waals surface area (Å²) in [5, 5.41) is 9.97. The fourth-order valence-electron chi connectivity index (χ4n) is 5.40. The van der Waals surface area contributed by atoms with Crippen LogP contribution in [0.2, 0.25) is 5.02 Å². The highest BCUT2D eigenvalue weighted by Gasteiger charge is 2.47. The van der Waals surface area contributed by atoms with Crippen LogP contribution < -0.4 is 11.0 Å². The number of hydrogen-bond donors (Lipinski definition) is 2. The molecule has 0 aromatic carbocycles. The number of nitrogens with one attached hydrogen (secondary N) is 2. The first-order valence-electron chi connectivity index (χ1n) is 12.0. The Bertz CT molecular complexity index is 1410. The quantitative estimate of drug-likeness (QED) is 0.486. The van der Waals surface area contributed by atoms with Gasteiger partial charge in [-0.25, -0.2) is 14.9 Å². The number of ether oxygens (including phenoxy) is 1. The number of aromatic nitrogens is 5. The highest BCUT2D eigenvalue weighted by molar-refractivity contribution is 9.10. The van der Waals surface area contributed by atoms with E-state index in [2.05, 4.69) is 36.4 Å². The second-order valence-electron chi connectivity index (χ2n) is 9.86. The van der Waals surface area contributed by atoms with Crippen LogP contribution in [0.25, 0.3) is 5.65 Å². The van der Waals surface area contributed by atoms with E-state index in [-0.39, 0.29) is 35.1 Å². The predicted molar refractivity (Wildman–Crippen MR) is 133 cm³/mol. The zero-order valence-corrected chi connectivity index (χ0v) is 21.7. The summed E-state index contributed by atoms with van der Waals surface area (Å²) in [5.74, 6) is 0.0781. The van der Waals surface area contributed by atoms with Gasteiger partial charge in [0.15, 0.2) is 5.65 Å². The van der Waals surface area contributed by atoms with Crippen LogP contribution in [-0.2, 0) is 22.5 Å². The number of carbonyl (C=O) groups excluding carboxylic acids is 2. The molecule has 2 aliphatic heterocycles. The van der Waals surface area contributed by atoms with Crippen molar-refractivity contribution in [3.63, 3.8) is 0 Å². The van der Waals surface area contributed by atoms with Gasteiger partial charge in [-0.3, -0.25) is 14.2 Å². The maximum Gasteiger partial charge on any atom is 0.343 e. The highest BCUT2D eigenvalue weighted by atomic mass is 79.9. The molecule has 1 aliphatic carbocycles. The summed E-state index contributed by atoms with van der Waals surface area (Å²) < 4.78 is 10.4. The molecule has 2 unspecified atom stereocenters. The molecule has 11 nitrogen and oxygen atoms in total. The summed E-state index contributed by atoms with van der Waals surface area (Å²) >= 11 is 9.60. The minimum atomic E-state index is -0.379. The number of H-pyrrole nitrogens is 1. The number of imidazole rings is 1. The van der Waals surface area contributed by atoms with Crippen LogP contribution >= 0.6 is 27.5 Å². The van der Waals surface area contributed by atoms with E-state index in [1.807, 2.05) is 0 Å². The van der Waals surface area contributed by atoms with Crippen molar-refractivity contribution < 1.29 is 14.3 Å². The average Bonchev–Trinajstić information content (AvgIpc) is 3.44. The third-order valence-corrected chi connectivity index (χ3v) is 8.19. The summed E-state index contributed by atoms with van der Waals surface area (Å²) in [6.07, 6.45) is 7.06. The molecule has 0 radical (unpaired) electrons. The molecule has 36 heavy (non-hydrogen) atoms. The number of rotatable bonds is 4. The molecule has 6 rings (SSSR count). The fourth-order valence-corrected chi connectivity index (χ4v) is 6.29. The second-order valence-corrected chi connectivity index (χ2v) is 11.2. The van der Waals surface area contributed by atoms with Crippen molar-refractivity contribution in [2.24, 2.45) is 5.92 Å². The zero-order valence-electron chi connectivity index (χ0n) is 19.4. The molecular formula is C23H25BrClN7O4. The van der Waals surface area contributed by atoms with Crippen LogP contribution in [0.5, 0.6) is 0 Å². The monoisotopic (exact) mass is 577 g/mol. The van der Waals surface area contributed by atoms with Crippen LogP contribution in [0.3, 0.4) is 0 Å². The van der Waals surface area contributed by atoms with Crippen molar-refractivity contribution in [2.45, 2.75) is 50.4 Å². The molecule has 1 saturated heterocycles. The standard InChI is InChI=1S/C23H25BrClN7O4/c24-16-6-14(25)9-30-11-17(27-19(16)30)21(34)31-10-15(36-23(12-31)4-1-5-23)7-26-20(33)13-2-3-18-28-29-22(35)32(18)8-13/h6,9,11,13,15H,1-5,7-8,10,12H2,(H,26,33)(H,29,35). The number of halogens is 2. The third-order valence-electron chi connectivity index (χ3n) is 7.40. The van der Waals surface area contributed by atoms with Crippen molar-refractivity contribution in [3.05, 3.63) is 50.0 Å². The first-order valence-corrected chi connectivity index (χ1v) is 13.2. The normalized spacial score (nSPS) is 22.9. The lowest BCUT2D eigenvalue weighted by Gasteiger charge is -2.51. The summed E-state index contributed by atoms with van der Waals surface area (Å²) in [6, 6.07) is 1.74. The van der Waals surface area contributed by atoms with Crippen molar-refractivity contribution in [1.29, 1.82) is 0 Å². The molecule has 3 aliphatic rings. The molecule has 3 aromatic heterocycles. The Kier molecular flexibility index (Phi) is 5.92. The third kappa shape index (κ3) is 4.24. The second kappa shape index (κ2) is 9.00. The van der Waals surface area contributed by atoms with Crippen molar-refractivity contribution in [1.82, 2.24) is 34.4 Å². The van der Waals surface area contributed by atoms with Gasteiger partial charge in [0.2, 0.25) is 5.91 Å². The van der Waals surface area contributed by atoms with E-state index in [4.69, 9.17) is 16.3 Å². The summed E-state index contributed by atoms with van der Waals surface area (Å²) in [5.41, 5.74) is 0.280. The number of aromatic amines is 1. The Morgan fingerprint density at radius 3 is 2.92 bits per heavy atom. The Balaban J connectivity index is 1.14. The first kappa shape index (κ1) is 23.7. The number of hydrogen-bond acceptors (Lipinski definition) is 6. The van der Waals surface area contributed by atoms with Crippen LogP contribution in [0.15, 0.2) is 27.7 Å². The average molecular weight is 579 g/mol. The van der Waals surface area contributed by atoms with Crippen molar-refractivity contribution in [3.8, 4) is 0 Å². The Hall–Kier alpha value is -2.70. The number of pyridine rings is 1. The lowest BCUT2D eigenvalue weighted by atomic mass is 9.78. The van der Waals surface area contributed by atoms with Gasteiger partial charge in [-0.1, -0.05) is 11.6 Å². The maximum absolute atomic E-state index is 13.5. The SMILES string of the molecule is O=C(NCC1CN(C(=O)c2cn3cc(Cl)cc(Br)c3n2)CC2(CCC2)O1)C1CCc2n[nH]c(=O)n2C1. The van der Waals surface area contributed by atoms with E-state index in [0.717, 1.165) is 19.3 Å². The molecule has 13 heteroatoms. The highest BCUT2D eigenvalue weighted by Crippen LogP contribution is 2.40. The summed E-state index contributed by atoms with van der Waals surface area (Å²) in [7, 11) is 0. The van der Waals surface area contributed by atoms with Gasteiger partial charge >= 0.3 is 5.69 Å². The molecular weight excluding hydrogens is 554 g/mol. The smallest absolute Gasteiger partial charge is 0.343 e. The van der Waals surface area contributed by atoms with E-state index in [9.17, 15) is 14.4 Å². The predicted octanol–water partition coefficient (Wildman–Crippen LogP) is 1.78. The number of aryl methyl sites for hydroxylation is 1. The molecule has 2 atom stereocenters. The molecule has 5 heterocycles. The molecule has 2 amide bonds. The fraction of sp³-hybridized carbons (Fsp3) is 0.522. The Morgan fingerprint density at radius 1 is 1.31 bits per heavy atom. The van der Waals surface area contributed by atoms with Gasteiger partial charge < -0.3 is 19.4 Å². The van der Waals surface area contributed by atoms with Crippen LogP contribution in [0.1, 0.15) is 42.0 Å². The molecule has 190 valence electrons. The lowest BCUT2D eigenvalue weighted by molar-refractivity contribution is -0.181. The zero-order chi connectivity index (χ0) is 25.0. The molecule has 2 fully saturated rings. The molecule has 1 spiro atoms. The van der Waals surface area contributed by atoms with E-state index in [1.54, 1.807) is 27.8 Å². The lowest BCUT2D eigenvalue weighted by Crippen LogP contribution is -2.62. The maximum atomic E-state index is 13.5. The van der Waals surface area contributed by atoms with E-state index in [1.165, 1.54) is 4.57 Å². The van der Waals surface area contributed by atoms with Crippen LogP contribution in [0.4, 0.5) is 0 Å². The van der Waals surface area contributed by atoms with E-state index >= 15 is 0 Å². The number of morpholine rings is 1. The van der Waals surface area contributed by atoms with Crippen LogP contribution in [-0.4, -0.2) is 72.2 Å². The van der Waals surface area contributed by atoms with Gasteiger partial charge in [0.25, 0.3) is 5.91 Å². The van der Waals surface area contributed by atoms with Gasteiger partial charge in [-0.15, -0.1) is 0 Å². The van der Waals surface area contributed by atoms with Crippen molar-refractivity contribution in [2.75, 3.05) is 19.6 Å². The molecule has 1 saturated carbocycles. The van der Waals surface area contributed by atoms with E-state index in [0.29, 0.717) is 65.7 Å². The number of fused-ring (bicyclic) bond motifs is 2. The van der Waals surface area contributed by atoms with Crippen LogP contribution in [0, 0.1) is 5.92 Å². The minimum absolute atomic E-state index is 0.120. The Labute approximate surface area is 219 Å². The Morgan fingerprint density at radius 2 is 2.14 bits per heavy atom. The topological polar surface area (TPSA) is 127 Å². The van der Waals surface area contributed by atoms with Gasteiger partial charge in [0.05, 0.1) is 33.7 Å². The number of nitrogens with zero attached hydrogens (tertiary/aromatic N) is 5. The largest absolute Gasteiger partial charge is 0.366 e. The molecule has 2 N–H and O–H groups in total. The molecule has 0 bridgehead atoms. The van der Waals surface area contributed by atoms with Crippen molar-refractivity contribution >= 4 is 45.0 Å². The summed E-state index contributed by atoms with van der Waals surface area (Å²) in [6.45, 7) is 1.46. The van der Waals surface area contributed by atoms with E-state index < -0.39 is 0 Å². The molecule has 3 aromatic rings. The number of amides is 2. The van der Waals surface area contributed by atoms with Gasteiger partial charge in [0, 0.05) is 38.4 Å². The number of carbonyl (C=O) groups is 2. The first-order chi connectivity index (χ1) is 17.3. The van der Waals surface area contributed by atoms with Gasteiger partial charge in [-0.2, -0.15) is 5.10 Å².